The number of carbonyl (C=O) groups excluding carboxylic acids is 1. The van der Waals surface area contributed by atoms with Gasteiger partial charge in [0.05, 0.1) is 5.56 Å². The summed E-state index contributed by atoms with van der Waals surface area (Å²) in [5.74, 6) is 2.88. The van der Waals surface area contributed by atoms with Gasteiger partial charge in [0.2, 0.25) is 0 Å². The lowest BCUT2D eigenvalue weighted by Gasteiger charge is -2.37. The summed E-state index contributed by atoms with van der Waals surface area (Å²) in [5.41, 5.74) is 4.87. The fourth-order valence-corrected chi connectivity index (χ4v) is 6.69. The first-order chi connectivity index (χ1) is 17.8. The Balaban J connectivity index is 1.36. The van der Waals surface area contributed by atoms with Gasteiger partial charge in [-0.15, -0.1) is 0 Å². The number of rotatable bonds is 10. The Bertz CT molecular complexity index is 1020. The Labute approximate surface area is 224 Å². The van der Waals surface area contributed by atoms with E-state index in [0.29, 0.717) is 11.8 Å². The predicted molar refractivity (Wildman–Crippen MR) is 150 cm³/mol. The lowest BCUT2D eigenvalue weighted by atomic mass is 9.82. The van der Waals surface area contributed by atoms with E-state index in [1.807, 2.05) is 4.90 Å². The first-order valence-corrected chi connectivity index (χ1v) is 15.0. The third-order valence-electron chi connectivity index (χ3n) is 9.42. The highest BCUT2D eigenvalue weighted by Gasteiger charge is 2.39. The molecule has 1 amide bonds. The maximum atomic E-state index is 13.2. The molecule has 1 saturated heterocycles. The number of fused-ring (bicyclic) bond motifs is 2. The summed E-state index contributed by atoms with van der Waals surface area (Å²) in [4.78, 5) is 17.7. The maximum absolute atomic E-state index is 13.2. The van der Waals surface area contributed by atoms with Gasteiger partial charge in [0, 0.05) is 32.2 Å². The summed E-state index contributed by atoms with van der Waals surface area (Å²) in [6.07, 6.45) is 11.0. The molecule has 4 aliphatic rings. The second-order valence-corrected chi connectivity index (χ2v) is 12.5. The largest absolute Gasteiger partial charge is 0.483 e. The van der Waals surface area contributed by atoms with E-state index >= 15 is 0 Å². The zero-order valence-electron chi connectivity index (χ0n) is 23.9. The number of benzene rings is 1. The highest BCUT2D eigenvalue weighted by Crippen LogP contribution is 2.52. The van der Waals surface area contributed by atoms with Crippen LogP contribution in [0.2, 0.25) is 0 Å². The summed E-state index contributed by atoms with van der Waals surface area (Å²) >= 11 is 0. The summed E-state index contributed by atoms with van der Waals surface area (Å²) in [6.45, 7) is 15.1. The molecule has 0 N–H and O–H groups in total. The molecule has 1 aromatic rings. The van der Waals surface area contributed by atoms with E-state index < -0.39 is 0 Å². The highest BCUT2D eigenvalue weighted by atomic mass is 16.5. The van der Waals surface area contributed by atoms with Crippen LogP contribution in [0.25, 0.3) is 5.57 Å². The smallest absolute Gasteiger partial charge is 0.260 e. The van der Waals surface area contributed by atoms with Crippen molar-refractivity contribution in [2.45, 2.75) is 110 Å². The van der Waals surface area contributed by atoms with Gasteiger partial charge in [-0.1, -0.05) is 46.5 Å². The van der Waals surface area contributed by atoms with Gasteiger partial charge in [-0.3, -0.25) is 9.69 Å². The van der Waals surface area contributed by atoms with E-state index in [0.717, 1.165) is 68.5 Å². The van der Waals surface area contributed by atoms with Crippen molar-refractivity contribution >= 4 is 11.5 Å². The lowest BCUT2D eigenvalue weighted by Crippen LogP contribution is -2.50. The Hall–Kier alpha value is -2.01. The highest BCUT2D eigenvalue weighted by molar-refractivity contribution is 5.83. The van der Waals surface area contributed by atoms with Crippen LogP contribution in [0.1, 0.15) is 109 Å². The molecule has 2 atom stereocenters. The molecule has 1 saturated carbocycles. The fraction of sp³-hybridized carbons (Fsp3) is 0.719. The van der Waals surface area contributed by atoms with Crippen LogP contribution in [0.5, 0.6) is 11.5 Å². The van der Waals surface area contributed by atoms with Crippen molar-refractivity contribution in [2.75, 3.05) is 32.8 Å². The molecule has 37 heavy (non-hydrogen) atoms. The van der Waals surface area contributed by atoms with E-state index in [9.17, 15) is 4.79 Å². The minimum atomic E-state index is -0.290. The number of hydrogen-bond acceptors (Lipinski definition) is 4. The summed E-state index contributed by atoms with van der Waals surface area (Å²) in [6, 6.07) is 5.27. The Morgan fingerprint density at radius 2 is 1.86 bits per heavy atom. The maximum Gasteiger partial charge on any atom is 0.260 e. The fourth-order valence-electron chi connectivity index (χ4n) is 6.69. The van der Waals surface area contributed by atoms with Crippen LogP contribution in [0.4, 0.5) is 0 Å². The second-order valence-electron chi connectivity index (χ2n) is 12.5. The average Bonchev–Trinajstić information content (AvgIpc) is 3.61. The van der Waals surface area contributed by atoms with E-state index in [1.165, 1.54) is 55.2 Å². The van der Waals surface area contributed by atoms with Gasteiger partial charge < -0.3 is 14.4 Å². The molecule has 5 nitrogen and oxygen atoms in total. The molecule has 0 aromatic heterocycles. The third kappa shape index (κ3) is 5.72. The number of hydrogen-bond donors (Lipinski definition) is 0. The molecular formula is C32H48N2O3. The van der Waals surface area contributed by atoms with Crippen molar-refractivity contribution in [3.63, 3.8) is 0 Å². The molecule has 1 aromatic carbocycles. The van der Waals surface area contributed by atoms with Gasteiger partial charge in [-0.2, -0.15) is 0 Å². The Morgan fingerprint density at radius 3 is 2.57 bits per heavy atom. The molecule has 2 aliphatic carbocycles. The molecule has 0 radical (unpaired) electrons. The third-order valence-corrected chi connectivity index (χ3v) is 9.42. The number of piperazine rings is 1. The van der Waals surface area contributed by atoms with Crippen molar-refractivity contribution in [3.8, 4) is 11.5 Å². The number of nitrogens with zero attached hydrogens (tertiary/aromatic N) is 2. The van der Waals surface area contributed by atoms with Crippen LogP contribution >= 0.6 is 0 Å². The van der Waals surface area contributed by atoms with E-state index in [1.54, 1.807) is 0 Å². The Kier molecular flexibility index (Phi) is 7.91. The first-order valence-electron chi connectivity index (χ1n) is 15.0. The van der Waals surface area contributed by atoms with Gasteiger partial charge in [0.1, 0.15) is 17.1 Å². The molecule has 204 valence electrons. The summed E-state index contributed by atoms with van der Waals surface area (Å²) in [5, 5.41) is 0. The van der Waals surface area contributed by atoms with Crippen molar-refractivity contribution in [1.82, 2.24) is 9.80 Å². The Morgan fingerprint density at radius 1 is 1.11 bits per heavy atom. The lowest BCUT2D eigenvalue weighted by molar-refractivity contribution is -0.135. The number of carbonyl (C=O) groups is 1. The van der Waals surface area contributed by atoms with Crippen LogP contribution in [-0.4, -0.2) is 60.1 Å². The zero-order valence-corrected chi connectivity index (χ0v) is 23.9. The van der Waals surface area contributed by atoms with Crippen LogP contribution in [0, 0.1) is 5.92 Å². The summed E-state index contributed by atoms with van der Waals surface area (Å²) < 4.78 is 13.1. The molecule has 2 aliphatic heterocycles. The molecule has 2 unspecified atom stereocenters. The molecule has 5 rings (SSSR count). The molecule has 2 fully saturated rings. The van der Waals surface area contributed by atoms with Crippen LogP contribution in [0.15, 0.2) is 17.7 Å². The topological polar surface area (TPSA) is 42.0 Å². The van der Waals surface area contributed by atoms with Crippen molar-refractivity contribution < 1.29 is 14.3 Å². The molecule has 5 heteroatoms. The van der Waals surface area contributed by atoms with Gasteiger partial charge >= 0.3 is 0 Å². The minimum absolute atomic E-state index is 0.103. The monoisotopic (exact) mass is 508 g/mol. The first kappa shape index (κ1) is 26.6. The van der Waals surface area contributed by atoms with Gasteiger partial charge in [-0.05, 0) is 86.6 Å². The molecule has 0 spiro atoms. The standard InChI is InChI=1S/C32H48N2O3/c1-6-7-8-10-22(2)23(3)24-19-28(31-26-11-9-12-27(26)32(4,5)37-29(31)20-24)36-21-30(35)34-17-15-33(16-18-34)25-13-14-25/h19-20,22-23,25H,6-18,21H2,1-5H3. The number of allylic oxidation sites excluding steroid dienone is 1. The normalized spacial score (nSPS) is 22.8. The van der Waals surface area contributed by atoms with Gasteiger partial charge in [-0.25, -0.2) is 0 Å². The predicted octanol–water partition coefficient (Wildman–Crippen LogP) is 6.80. The SMILES string of the molecule is CCCCCC(C)C(C)c1cc(OCC(=O)N2CCN(C3CC3)CC2)c2c(c1)OC(C)(C)C1=C2CCC1. The summed E-state index contributed by atoms with van der Waals surface area (Å²) in [7, 11) is 0. The molecule has 2 heterocycles. The number of amides is 1. The van der Waals surface area contributed by atoms with Crippen LogP contribution < -0.4 is 9.47 Å². The van der Waals surface area contributed by atoms with Gasteiger partial charge in [0.15, 0.2) is 6.61 Å². The van der Waals surface area contributed by atoms with E-state index in [-0.39, 0.29) is 18.1 Å². The average molecular weight is 509 g/mol. The van der Waals surface area contributed by atoms with Crippen molar-refractivity contribution in [1.29, 1.82) is 0 Å². The van der Waals surface area contributed by atoms with Crippen LogP contribution in [0.3, 0.4) is 0 Å². The molecule has 0 bridgehead atoms. The van der Waals surface area contributed by atoms with Crippen molar-refractivity contribution in [3.05, 3.63) is 28.8 Å². The van der Waals surface area contributed by atoms with E-state index in [4.69, 9.17) is 9.47 Å². The number of unbranched alkanes of at least 4 members (excludes halogenated alkanes) is 2. The van der Waals surface area contributed by atoms with Crippen LogP contribution in [-0.2, 0) is 4.79 Å². The second kappa shape index (κ2) is 11.0. The van der Waals surface area contributed by atoms with E-state index in [2.05, 4.69) is 51.7 Å². The number of ether oxygens (including phenoxy) is 2. The quantitative estimate of drug-likeness (QED) is 0.326. The zero-order chi connectivity index (χ0) is 26.2. The minimum Gasteiger partial charge on any atom is -0.483 e. The van der Waals surface area contributed by atoms with Gasteiger partial charge in [0.25, 0.3) is 5.91 Å². The van der Waals surface area contributed by atoms with Crippen molar-refractivity contribution in [2.24, 2.45) is 5.92 Å². The molecular weight excluding hydrogens is 460 g/mol.